The van der Waals surface area contributed by atoms with Crippen LogP contribution in [0.15, 0.2) is 53.1 Å². The van der Waals surface area contributed by atoms with Gasteiger partial charge in [-0.25, -0.2) is 14.8 Å². The average molecular weight is 347 g/mol. The highest BCUT2D eigenvalue weighted by Crippen LogP contribution is 2.28. The Kier molecular flexibility index (Phi) is 3.80. The summed E-state index contributed by atoms with van der Waals surface area (Å²) in [5.41, 5.74) is 4.68. The highest BCUT2D eigenvalue weighted by Gasteiger charge is 2.17. The summed E-state index contributed by atoms with van der Waals surface area (Å²) < 4.78 is 7.40. The predicted octanol–water partition coefficient (Wildman–Crippen LogP) is 4.05. The number of nitrogens with zero attached hydrogens (tertiary/aromatic N) is 3. The number of benzene rings is 1. The topological polar surface area (TPSA) is 81.2 Å². The number of furan rings is 1. The molecule has 0 aliphatic heterocycles. The summed E-state index contributed by atoms with van der Waals surface area (Å²) in [6.07, 6.45) is 1.80. The van der Waals surface area contributed by atoms with Gasteiger partial charge in [0.2, 0.25) is 5.76 Å². The molecule has 1 N–H and O–H groups in total. The zero-order valence-electron chi connectivity index (χ0n) is 14.4. The van der Waals surface area contributed by atoms with Crippen molar-refractivity contribution < 1.29 is 14.3 Å². The normalized spacial score (nSPS) is 11.2. The predicted molar refractivity (Wildman–Crippen MR) is 97.2 cm³/mol. The monoisotopic (exact) mass is 347 g/mol. The molecular weight excluding hydrogens is 330 g/mol. The van der Waals surface area contributed by atoms with E-state index in [0.717, 1.165) is 33.7 Å². The Balaban J connectivity index is 1.89. The molecule has 0 bridgehead atoms. The minimum absolute atomic E-state index is 0.0781. The number of aryl methyl sites for hydroxylation is 2. The Morgan fingerprint density at radius 2 is 2.00 bits per heavy atom. The van der Waals surface area contributed by atoms with Crippen LogP contribution < -0.4 is 0 Å². The van der Waals surface area contributed by atoms with Gasteiger partial charge in [-0.3, -0.25) is 0 Å². The van der Waals surface area contributed by atoms with E-state index in [-0.39, 0.29) is 5.76 Å². The van der Waals surface area contributed by atoms with E-state index in [1.165, 1.54) is 6.07 Å². The van der Waals surface area contributed by atoms with Gasteiger partial charge in [0, 0.05) is 11.8 Å². The van der Waals surface area contributed by atoms with Crippen molar-refractivity contribution >= 4 is 17.1 Å². The van der Waals surface area contributed by atoms with Crippen LogP contribution in [-0.4, -0.2) is 25.6 Å². The van der Waals surface area contributed by atoms with E-state index in [0.29, 0.717) is 12.3 Å². The zero-order valence-corrected chi connectivity index (χ0v) is 14.4. The van der Waals surface area contributed by atoms with Gasteiger partial charge in [-0.2, -0.15) is 0 Å². The Hall–Kier alpha value is -3.41. The Bertz CT molecular complexity index is 1120. The van der Waals surface area contributed by atoms with Gasteiger partial charge in [-0.15, -0.1) is 0 Å². The van der Waals surface area contributed by atoms with Gasteiger partial charge < -0.3 is 14.1 Å². The number of pyridine rings is 1. The molecule has 0 unspecified atom stereocenters. The SMILES string of the molecule is Cc1cnc2c(c1)nc(-c1ccccc1C)n2Cc1ccc(C(=O)O)o1. The van der Waals surface area contributed by atoms with Crippen molar-refractivity contribution in [3.8, 4) is 11.4 Å². The van der Waals surface area contributed by atoms with E-state index >= 15 is 0 Å². The molecule has 4 rings (SSSR count). The summed E-state index contributed by atoms with van der Waals surface area (Å²) in [4.78, 5) is 20.4. The number of rotatable bonds is 4. The van der Waals surface area contributed by atoms with E-state index < -0.39 is 5.97 Å². The van der Waals surface area contributed by atoms with Crippen molar-refractivity contribution in [2.75, 3.05) is 0 Å². The number of imidazole rings is 1. The van der Waals surface area contributed by atoms with Gasteiger partial charge in [0.15, 0.2) is 5.65 Å². The van der Waals surface area contributed by atoms with Crippen LogP contribution in [0.4, 0.5) is 0 Å². The molecule has 0 radical (unpaired) electrons. The third kappa shape index (κ3) is 2.75. The maximum absolute atomic E-state index is 11.1. The molecule has 26 heavy (non-hydrogen) atoms. The first-order valence-corrected chi connectivity index (χ1v) is 8.24. The number of hydrogen-bond donors (Lipinski definition) is 1. The third-order valence-corrected chi connectivity index (χ3v) is 4.29. The molecule has 130 valence electrons. The lowest BCUT2D eigenvalue weighted by molar-refractivity contribution is 0.0660. The summed E-state index contributed by atoms with van der Waals surface area (Å²) >= 11 is 0. The number of carbonyl (C=O) groups is 1. The third-order valence-electron chi connectivity index (χ3n) is 4.29. The molecule has 3 heterocycles. The molecule has 1 aromatic carbocycles. The molecule has 3 aromatic heterocycles. The zero-order chi connectivity index (χ0) is 18.3. The van der Waals surface area contributed by atoms with Gasteiger partial charge in [0.1, 0.15) is 17.1 Å². The van der Waals surface area contributed by atoms with Crippen molar-refractivity contribution in [1.82, 2.24) is 14.5 Å². The lowest BCUT2D eigenvalue weighted by Crippen LogP contribution is -2.03. The number of aromatic carboxylic acids is 1. The van der Waals surface area contributed by atoms with Crippen molar-refractivity contribution in [3.63, 3.8) is 0 Å². The Morgan fingerprint density at radius 3 is 2.73 bits per heavy atom. The van der Waals surface area contributed by atoms with Crippen molar-refractivity contribution in [2.24, 2.45) is 0 Å². The fourth-order valence-electron chi connectivity index (χ4n) is 3.02. The molecule has 0 aliphatic rings. The van der Waals surface area contributed by atoms with Crippen LogP contribution >= 0.6 is 0 Å². The molecule has 0 amide bonds. The molecule has 6 heteroatoms. The lowest BCUT2D eigenvalue weighted by Gasteiger charge is -2.09. The van der Waals surface area contributed by atoms with Crippen LogP contribution in [0.2, 0.25) is 0 Å². The van der Waals surface area contributed by atoms with Gasteiger partial charge in [-0.1, -0.05) is 24.3 Å². The second-order valence-electron chi connectivity index (χ2n) is 6.26. The molecule has 0 saturated carbocycles. The molecular formula is C20H17N3O3. The standard InChI is InChI=1S/C20H17N3O3/c1-12-9-16-19(21-10-12)23(11-14-7-8-17(26-14)20(24)25)18(22-16)15-6-4-3-5-13(15)2/h3-10H,11H2,1-2H3,(H,24,25). The number of carboxylic acids is 1. The average Bonchev–Trinajstić information content (AvgIpc) is 3.21. The van der Waals surface area contributed by atoms with Gasteiger partial charge in [-0.05, 0) is 43.2 Å². The van der Waals surface area contributed by atoms with Crippen molar-refractivity contribution in [2.45, 2.75) is 20.4 Å². The molecule has 6 nitrogen and oxygen atoms in total. The molecule has 4 aromatic rings. The summed E-state index contributed by atoms with van der Waals surface area (Å²) in [7, 11) is 0. The first-order chi connectivity index (χ1) is 12.5. The minimum atomic E-state index is -1.08. The summed E-state index contributed by atoms with van der Waals surface area (Å²) in [6.45, 7) is 4.36. The van der Waals surface area contributed by atoms with E-state index in [9.17, 15) is 4.79 Å². The van der Waals surface area contributed by atoms with Gasteiger partial charge >= 0.3 is 5.97 Å². The second-order valence-corrected chi connectivity index (χ2v) is 6.26. The molecule has 0 spiro atoms. The van der Waals surface area contributed by atoms with Crippen LogP contribution in [-0.2, 0) is 6.54 Å². The summed E-state index contributed by atoms with van der Waals surface area (Å²) in [5.74, 6) is 0.161. The van der Waals surface area contributed by atoms with E-state index in [1.54, 1.807) is 12.3 Å². The Labute approximate surface area is 149 Å². The fraction of sp³-hybridized carbons (Fsp3) is 0.150. The van der Waals surface area contributed by atoms with Crippen LogP contribution in [0.25, 0.3) is 22.6 Å². The van der Waals surface area contributed by atoms with Crippen LogP contribution in [0.3, 0.4) is 0 Å². The number of fused-ring (bicyclic) bond motifs is 1. The highest BCUT2D eigenvalue weighted by atomic mass is 16.4. The molecule has 0 fully saturated rings. The maximum Gasteiger partial charge on any atom is 0.371 e. The largest absolute Gasteiger partial charge is 0.475 e. The van der Waals surface area contributed by atoms with Crippen molar-refractivity contribution in [1.29, 1.82) is 0 Å². The molecule has 0 atom stereocenters. The van der Waals surface area contributed by atoms with E-state index in [1.807, 2.05) is 48.7 Å². The van der Waals surface area contributed by atoms with Crippen LogP contribution in [0, 0.1) is 13.8 Å². The lowest BCUT2D eigenvalue weighted by atomic mass is 10.1. The smallest absolute Gasteiger partial charge is 0.371 e. The highest BCUT2D eigenvalue weighted by molar-refractivity contribution is 5.84. The van der Waals surface area contributed by atoms with Crippen molar-refractivity contribution in [3.05, 3.63) is 71.3 Å². The molecule has 0 aliphatic carbocycles. The fourth-order valence-corrected chi connectivity index (χ4v) is 3.02. The van der Waals surface area contributed by atoms with E-state index in [2.05, 4.69) is 4.98 Å². The van der Waals surface area contributed by atoms with Gasteiger partial charge in [0.05, 0.1) is 6.54 Å². The quantitative estimate of drug-likeness (QED) is 0.602. The number of carboxylic acid groups (broad SMARTS) is 1. The maximum atomic E-state index is 11.1. The van der Waals surface area contributed by atoms with Crippen LogP contribution in [0.5, 0.6) is 0 Å². The first-order valence-electron chi connectivity index (χ1n) is 8.24. The first kappa shape index (κ1) is 16.1. The molecule has 0 saturated heterocycles. The van der Waals surface area contributed by atoms with E-state index in [4.69, 9.17) is 14.5 Å². The number of hydrogen-bond acceptors (Lipinski definition) is 4. The Morgan fingerprint density at radius 1 is 1.19 bits per heavy atom. The summed E-state index contributed by atoms with van der Waals surface area (Å²) in [6, 6.07) is 13.1. The van der Waals surface area contributed by atoms with Crippen LogP contribution in [0.1, 0.15) is 27.4 Å². The number of aromatic nitrogens is 3. The van der Waals surface area contributed by atoms with Gasteiger partial charge in [0.25, 0.3) is 0 Å². The summed E-state index contributed by atoms with van der Waals surface area (Å²) in [5, 5.41) is 9.07. The second kappa shape index (κ2) is 6.15. The minimum Gasteiger partial charge on any atom is -0.475 e.